The molecule has 1 amide bonds. The summed E-state index contributed by atoms with van der Waals surface area (Å²) in [6.45, 7) is 0.748. The summed E-state index contributed by atoms with van der Waals surface area (Å²) in [4.78, 5) is 17.2. The van der Waals surface area contributed by atoms with E-state index in [1.54, 1.807) is 0 Å². The van der Waals surface area contributed by atoms with Gasteiger partial charge < -0.3 is 15.0 Å². The Bertz CT molecular complexity index is 367. The standard InChI is InChI=1S/C14H22N2O2/c1-16(10-8-12-3-2-9-15-12)14(18)11-4-6-13(17)7-5-11/h2-3,9,11,13,15,17H,4-8,10H2,1H3. The lowest BCUT2D eigenvalue weighted by Crippen LogP contribution is -2.36. The van der Waals surface area contributed by atoms with Gasteiger partial charge in [-0.2, -0.15) is 0 Å². The second kappa shape index (κ2) is 6.05. The maximum absolute atomic E-state index is 12.2. The van der Waals surface area contributed by atoms with Crippen LogP contribution in [0.2, 0.25) is 0 Å². The van der Waals surface area contributed by atoms with Crippen LogP contribution < -0.4 is 0 Å². The molecule has 100 valence electrons. The zero-order valence-electron chi connectivity index (χ0n) is 10.9. The van der Waals surface area contributed by atoms with Gasteiger partial charge in [-0.25, -0.2) is 0 Å². The van der Waals surface area contributed by atoms with Crippen LogP contribution >= 0.6 is 0 Å². The SMILES string of the molecule is CN(CCc1ccc[nH]1)C(=O)C1CCC(O)CC1. The number of hydrogen-bond donors (Lipinski definition) is 2. The van der Waals surface area contributed by atoms with Gasteiger partial charge in [0.2, 0.25) is 5.91 Å². The van der Waals surface area contributed by atoms with Gasteiger partial charge >= 0.3 is 0 Å². The summed E-state index contributed by atoms with van der Waals surface area (Å²) in [5, 5.41) is 9.45. The lowest BCUT2D eigenvalue weighted by Gasteiger charge is -2.28. The smallest absolute Gasteiger partial charge is 0.225 e. The number of rotatable bonds is 4. The molecule has 0 aromatic carbocycles. The lowest BCUT2D eigenvalue weighted by atomic mass is 9.86. The fourth-order valence-corrected chi connectivity index (χ4v) is 2.56. The molecule has 2 rings (SSSR count). The van der Waals surface area contributed by atoms with Gasteiger partial charge in [-0.05, 0) is 37.8 Å². The van der Waals surface area contributed by atoms with Crippen LogP contribution in [0, 0.1) is 5.92 Å². The van der Waals surface area contributed by atoms with Crippen LogP contribution in [-0.4, -0.2) is 40.6 Å². The second-order valence-corrected chi connectivity index (χ2v) is 5.21. The summed E-state index contributed by atoms with van der Waals surface area (Å²) in [6.07, 6.45) is 5.75. The molecule has 2 N–H and O–H groups in total. The molecule has 0 spiro atoms. The predicted molar refractivity (Wildman–Crippen MR) is 70.1 cm³/mol. The maximum atomic E-state index is 12.2. The third-order valence-corrected chi connectivity index (χ3v) is 3.80. The molecule has 0 aliphatic heterocycles. The quantitative estimate of drug-likeness (QED) is 0.852. The molecule has 1 aromatic heterocycles. The lowest BCUT2D eigenvalue weighted by molar-refractivity contribution is -0.135. The average Bonchev–Trinajstić information content (AvgIpc) is 2.89. The van der Waals surface area contributed by atoms with E-state index >= 15 is 0 Å². The average molecular weight is 250 g/mol. The number of nitrogens with zero attached hydrogens (tertiary/aromatic N) is 1. The van der Waals surface area contributed by atoms with Crippen molar-refractivity contribution in [3.8, 4) is 0 Å². The largest absolute Gasteiger partial charge is 0.393 e. The number of hydrogen-bond acceptors (Lipinski definition) is 2. The van der Waals surface area contributed by atoms with Crippen molar-refractivity contribution in [1.82, 2.24) is 9.88 Å². The molecule has 0 radical (unpaired) electrons. The molecule has 0 bridgehead atoms. The number of aromatic nitrogens is 1. The highest BCUT2D eigenvalue weighted by Crippen LogP contribution is 2.25. The second-order valence-electron chi connectivity index (χ2n) is 5.21. The van der Waals surface area contributed by atoms with Gasteiger partial charge in [-0.15, -0.1) is 0 Å². The topological polar surface area (TPSA) is 56.3 Å². The first-order valence-electron chi connectivity index (χ1n) is 6.72. The van der Waals surface area contributed by atoms with Crippen LogP contribution in [0.25, 0.3) is 0 Å². The molecule has 1 aliphatic carbocycles. The zero-order chi connectivity index (χ0) is 13.0. The van der Waals surface area contributed by atoms with Crippen molar-refractivity contribution < 1.29 is 9.90 Å². The third kappa shape index (κ3) is 3.35. The molecular formula is C14H22N2O2. The Labute approximate surface area is 108 Å². The minimum atomic E-state index is -0.196. The Morgan fingerprint density at radius 1 is 1.44 bits per heavy atom. The molecular weight excluding hydrogens is 228 g/mol. The van der Waals surface area contributed by atoms with E-state index < -0.39 is 0 Å². The highest BCUT2D eigenvalue weighted by molar-refractivity contribution is 5.78. The van der Waals surface area contributed by atoms with Gasteiger partial charge in [0.25, 0.3) is 0 Å². The molecule has 0 atom stereocenters. The number of carbonyl (C=O) groups is 1. The third-order valence-electron chi connectivity index (χ3n) is 3.80. The molecule has 1 aliphatic rings. The molecule has 0 saturated heterocycles. The van der Waals surface area contributed by atoms with Crippen molar-refractivity contribution in [3.05, 3.63) is 24.0 Å². The van der Waals surface area contributed by atoms with Crippen LogP contribution in [0.5, 0.6) is 0 Å². The van der Waals surface area contributed by atoms with Crippen molar-refractivity contribution in [2.24, 2.45) is 5.92 Å². The van der Waals surface area contributed by atoms with Crippen molar-refractivity contribution >= 4 is 5.91 Å². The zero-order valence-corrected chi connectivity index (χ0v) is 10.9. The van der Waals surface area contributed by atoms with Gasteiger partial charge in [-0.3, -0.25) is 4.79 Å². The monoisotopic (exact) mass is 250 g/mol. The summed E-state index contributed by atoms with van der Waals surface area (Å²) < 4.78 is 0. The number of aliphatic hydroxyl groups excluding tert-OH is 1. The van der Waals surface area contributed by atoms with Crippen molar-refractivity contribution in [3.63, 3.8) is 0 Å². The van der Waals surface area contributed by atoms with E-state index in [2.05, 4.69) is 4.98 Å². The molecule has 1 aromatic rings. The molecule has 1 heterocycles. The molecule has 4 nitrogen and oxygen atoms in total. The number of aliphatic hydroxyl groups is 1. The number of likely N-dealkylation sites (N-methyl/N-ethyl adjacent to an activating group) is 1. The van der Waals surface area contributed by atoms with E-state index in [9.17, 15) is 9.90 Å². The molecule has 18 heavy (non-hydrogen) atoms. The summed E-state index contributed by atoms with van der Waals surface area (Å²) in [6, 6.07) is 4.01. The van der Waals surface area contributed by atoms with Crippen LogP contribution in [-0.2, 0) is 11.2 Å². The fraction of sp³-hybridized carbons (Fsp3) is 0.643. The summed E-state index contributed by atoms with van der Waals surface area (Å²) in [5.74, 6) is 0.343. The van der Waals surface area contributed by atoms with Crippen molar-refractivity contribution in [2.75, 3.05) is 13.6 Å². The number of carbonyl (C=O) groups excluding carboxylic acids is 1. The van der Waals surface area contributed by atoms with Gasteiger partial charge in [0, 0.05) is 37.8 Å². The van der Waals surface area contributed by atoms with Gasteiger partial charge in [-0.1, -0.05) is 0 Å². The summed E-state index contributed by atoms with van der Waals surface area (Å²) >= 11 is 0. The van der Waals surface area contributed by atoms with Crippen molar-refractivity contribution in [2.45, 2.75) is 38.2 Å². The van der Waals surface area contributed by atoms with Gasteiger partial charge in [0.1, 0.15) is 0 Å². The van der Waals surface area contributed by atoms with Crippen molar-refractivity contribution in [1.29, 1.82) is 0 Å². The van der Waals surface area contributed by atoms with E-state index in [0.717, 1.165) is 44.3 Å². The van der Waals surface area contributed by atoms with Crippen LogP contribution in [0.1, 0.15) is 31.4 Å². The highest BCUT2D eigenvalue weighted by atomic mass is 16.3. The normalized spacial score (nSPS) is 23.9. The van der Waals surface area contributed by atoms with E-state index in [-0.39, 0.29) is 17.9 Å². The van der Waals surface area contributed by atoms with Crippen LogP contribution in [0.4, 0.5) is 0 Å². The first kappa shape index (κ1) is 13.1. The van der Waals surface area contributed by atoms with E-state index in [1.165, 1.54) is 0 Å². The minimum absolute atomic E-state index is 0.113. The Morgan fingerprint density at radius 3 is 2.78 bits per heavy atom. The molecule has 4 heteroatoms. The number of nitrogens with one attached hydrogen (secondary N) is 1. The van der Waals surface area contributed by atoms with Crippen LogP contribution in [0.15, 0.2) is 18.3 Å². The first-order valence-corrected chi connectivity index (χ1v) is 6.72. The van der Waals surface area contributed by atoms with Gasteiger partial charge in [0.15, 0.2) is 0 Å². The molecule has 0 unspecified atom stereocenters. The molecule has 1 saturated carbocycles. The Hall–Kier alpha value is -1.29. The van der Waals surface area contributed by atoms with Gasteiger partial charge in [0.05, 0.1) is 6.10 Å². The number of aromatic amines is 1. The molecule has 1 fully saturated rings. The minimum Gasteiger partial charge on any atom is -0.393 e. The number of H-pyrrole nitrogens is 1. The highest BCUT2D eigenvalue weighted by Gasteiger charge is 2.27. The Morgan fingerprint density at radius 2 is 2.17 bits per heavy atom. The Kier molecular flexibility index (Phi) is 4.42. The van der Waals surface area contributed by atoms with E-state index in [1.807, 2.05) is 30.3 Å². The first-order chi connectivity index (χ1) is 8.66. The number of amides is 1. The maximum Gasteiger partial charge on any atom is 0.225 e. The van der Waals surface area contributed by atoms with E-state index in [0.29, 0.717) is 0 Å². The summed E-state index contributed by atoms with van der Waals surface area (Å²) in [7, 11) is 1.87. The predicted octanol–water partition coefficient (Wildman–Crippen LogP) is 1.57. The van der Waals surface area contributed by atoms with Crippen LogP contribution in [0.3, 0.4) is 0 Å². The Balaban J connectivity index is 1.77. The fourth-order valence-electron chi connectivity index (χ4n) is 2.56. The summed E-state index contributed by atoms with van der Waals surface area (Å²) in [5.41, 5.74) is 1.16. The van der Waals surface area contributed by atoms with E-state index in [4.69, 9.17) is 0 Å².